The molecule has 1 unspecified atom stereocenters. The predicted molar refractivity (Wildman–Crippen MR) is 99.6 cm³/mol. The van der Waals surface area contributed by atoms with Crippen LogP contribution in [0, 0.1) is 5.41 Å². The molecule has 1 aliphatic heterocycles. The van der Waals surface area contributed by atoms with Gasteiger partial charge in [-0.3, -0.25) is 5.41 Å². The summed E-state index contributed by atoms with van der Waals surface area (Å²) in [6.45, 7) is 4.54. The molecule has 5 heteroatoms. The molecule has 0 aliphatic carbocycles. The van der Waals surface area contributed by atoms with Crippen LogP contribution in [0.25, 0.3) is 0 Å². The Morgan fingerprint density at radius 3 is 2.70 bits per heavy atom. The first-order chi connectivity index (χ1) is 11.2. The van der Waals surface area contributed by atoms with Crippen molar-refractivity contribution in [3.05, 3.63) is 28.8 Å². The van der Waals surface area contributed by atoms with Gasteiger partial charge in [-0.1, -0.05) is 17.7 Å². The highest BCUT2D eigenvalue weighted by Gasteiger charge is 2.21. The Balaban J connectivity index is 2.25. The Morgan fingerprint density at radius 1 is 1.30 bits per heavy atom. The van der Waals surface area contributed by atoms with Crippen LogP contribution in [-0.2, 0) is 4.74 Å². The van der Waals surface area contributed by atoms with Crippen LogP contribution in [-0.4, -0.2) is 31.5 Å². The smallest absolute Gasteiger partial charge is 0.188 e. The van der Waals surface area contributed by atoms with Crippen LogP contribution in [0.5, 0.6) is 0 Å². The lowest BCUT2D eigenvalue weighted by atomic mass is 9.93. The second-order valence-electron chi connectivity index (χ2n) is 5.94. The van der Waals surface area contributed by atoms with E-state index in [2.05, 4.69) is 11.0 Å². The minimum Gasteiger partial charge on any atom is -0.481 e. The van der Waals surface area contributed by atoms with Crippen LogP contribution in [0.1, 0.15) is 50.5 Å². The van der Waals surface area contributed by atoms with E-state index in [-0.39, 0.29) is 5.92 Å². The standard InChI is InChI=1S/C18H26Cl2N2O/c1-2-23-18(21)15(7-6-10-19)14-8-9-16(20)17(13-14)22-11-4-3-5-12-22/h8-9,13,15,21H,2-7,10-12H2,1H3. The van der Waals surface area contributed by atoms with Crippen molar-refractivity contribution in [2.24, 2.45) is 0 Å². The topological polar surface area (TPSA) is 36.3 Å². The van der Waals surface area contributed by atoms with Crippen molar-refractivity contribution in [2.75, 3.05) is 30.5 Å². The number of ether oxygens (including phenoxy) is 1. The maximum atomic E-state index is 8.22. The van der Waals surface area contributed by atoms with Gasteiger partial charge in [-0.15, -0.1) is 11.6 Å². The highest BCUT2D eigenvalue weighted by atomic mass is 35.5. The first kappa shape index (κ1) is 18.4. The molecule has 1 N–H and O–H groups in total. The van der Waals surface area contributed by atoms with Crippen LogP contribution < -0.4 is 4.90 Å². The molecule has 0 saturated carbocycles. The molecule has 1 aromatic carbocycles. The average Bonchev–Trinajstić information content (AvgIpc) is 2.57. The van der Waals surface area contributed by atoms with E-state index in [9.17, 15) is 0 Å². The van der Waals surface area contributed by atoms with Crippen LogP contribution in [0.2, 0.25) is 5.02 Å². The summed E-state index contributed by atoms with van der Waals surface area (Å²) in [5, 5.41) is 9.01. The number of nitrogens with one attached hydrogen (secondary N) is 1. The molecule has 23 heavy (non-hydrogen) atoms. The molecular formula is C18H26Cl2N2O. The van der Waals surface area contributed by atoms with Gasteiger partial charge in [0.1, 0.15) is 0 Å². The molecule has 0 bridgehead atoms. The maximum Gasteiger partial charge on any atom is 0.188 e. The molecule has 1 saturated heterocycles. The van der Waals surface area contributed by atoms with Crippen LogP contribution >= 0.6 is 23.2 Å². The summed E-state index contributed by atoms with van der Waals surface area (Å²) in [5.41, 5.74) is 2.18. The first-order valence-electron chi connectivity index (χ1n) is 8.49. The number of piperidine rings is 1. The fourth-order valence-electron chi connectivity index (χ4n) is 3.11. The third-order valence-electron chi connectivity index (χ3n) is 4.31. The molecule has 1 fully saturated rings. The Bertz CT molecular complexity index is 516. The van der Waals surface area contributed by atoms with Crippen molar-refractivity contribution in [2.45, 2.75) is 44.9 Å². The molecule has 2 rings (SSSR count). The van der Waals surface area contributed by atoms with Gasteiger partial charge in [0, 0.05) is 19.0 Å². The van der Waals surface area contributed by atoms with E-state index in [0.717, 1.165) is 42.2 Å². The number of anilines is 1. The van der Waals surface area contributed by atoms with Gasteiger partial charge in [0.05, 0.1) is 23.2 Å². The fourth-order valence-corrected chi connectivity index (χ4v) is 3.50. The summed E-state index contributed by atoms with van der Waals surface area (Å²) in [6, 6.07) is 6.11. The Labute approximate surface area is 149 Å². The summed E-state index contributed by atoms with van der Waals surface area (Å²) >= 11 is 12.3. The molecule has 1 aromatic rings. The summed E-state index contributed by atoms with van der Waals surface area (Å²) in [5.74, 6) is 0.877. The highest BCUT2D eigenvalue weighted by molar-refractivity contribution is 6.33. The van der Waals surface area contributed by atoms with Gasteiger partial charge in [-0.25, -0.2) is 0 Å². The average molecular weight is 357 g/mol. The van der Waals surface area contributed by atoms with Gasteiger partial charge >= 0.3 is 0 Å². The van der Waals surface area contributed by atoms with E-state index >= 15 is 0 Å². The van der Waals surface area contributed by atoms with E-state index in [4.69, 9.17) is 33.3 Å². The number of hydrogen-bond acceptors (Lipinski definition) is 3. The van der Waals surface area contributed by atoms with Crippen molar-refractivity contribution in [1.29, 1.82) is 5.41 Å². The van der Waals surface area contributed by atoms with Gasteiger partial charge in [0.15, 0.2) is 5.90 Å². The number of nitrogens with zero attached hydrogens (tertiary/aromatic N) is 1. The zero-order chi connectivity index (χ0) is 16.7. The Kier molecular flexibility index (Phi) is 7.51. The maximum absolute atomic E-state index is 8.22. The molecule has 0 spiro atoms. The molecule has 0 amide bonds. The van der Waals surface area contributed by atoms with Crippen molar-refractivity contribution in [3.8, 4) is 0 Å². The lowest BCUT2D eigenvalue weighted by molar-refractivity contribution is 0.305. The van der Waals surface area contributed by atoms with E-state index in [0.29, 0.717) is 18.4 Å². The summed E-state index contributed by atoms with van der Waals surface area (Å²) in [7, 11) is 0. The van der Waals surface area contributed by atoms with Gasteiger partial charge in [-0.05, 0) is 56.7 Å². The SMILES string of the molecule is CCOC(=N)C(CCCCl)c1ccc(Cl)c(N2CCCCC2)c1. The molecule has 0 radical (unpaired) electrons. The van der Waals surface area contributed by atoms with Crippen molar-refractivity contribution >= 4 is 34.8 Å². The van der Waals surface area contributed by atoms with Gasteiger partial charge in [0.25, 0.3) is 0 Å². The molecular weight excluding hydrogens is 331 g/mol. The summed E-state index contributed by atoms with van der Waals surface area (Å²) in [4.78, 5) is 2.36. The lowest BCUT2D eigenvalue weighted by Gasteiger charge is -2.30. The molecule has 1 atom stereocenters. The molecule has 3 nitrogen and oxygen atoms in total. The number of halogens is 2. The lowest BCUT2D eigenvalue weighted by Crippen LogP contribution is -2.29. The quantitative estimate of drug-likeness (QED) is 0.400. The van der Waals surface area contributed by atoms with E-state index in [1.54, 1.807) is 0 Å². The van der Waals surface area contributed by atoms with E-state index in [1.807, 2.05) is 19.1 Å². The van der Waals surface area contributed by atoms with Gasteiger partial charge < -0.3 is 9.64 Å². The molecule has 0 aromatic heterocycles. The number of benzene rings is 1. The monoisotopic (exact) mass is 356 g/mol. The second-order valence-corrected chi connectivity index (χ2v) is 6.72. The first-order valence-corrected chi connectivity index (χ1v) is 9.40. The second kappa shape index (κ2) is 9.39. The van der Waals surface area contributed by atoms with Crippen molar-refractivity contribution < 1.29 is 4.74 Å². The largest absolute Gasteiger partial charge is 0.481 e. The molecule has 1 heterocycles. The van der Waals surface area contributed by atoms with Crippen molar-refractivity contribution in [3.63, 3.8) is 0 Å². The third kappa shape index (κ3) is 5.02. The van der Waals surface area contributed by atoms with Gasteiger partial charge in [-0.2, -0.15) is 0 Å². The third-order valence-corrected chi connectivity index (χ3v) is 4.90. The van der Waals surface area contributed by atoms with E-state index in [1.165, 1.54) is 19.3 Å². The minimum absolute atomic E-state index is 0.0468. The van der Waals surface area contributed by atoms with Crippen LogP contribution in [0.4, 0.5) is 5.69 Å². The van der Waals surface area contributed by atoms with Gasteiger partial charge in [0.2, 0.25) is 0 Å². The number of hydrogen-bond donors (Lipinski definition) is 1. The fraction of sp³-hybridized carbons (Fsp3) is 0.611. The number of rotatable bonds is 7. The zero-order valence-corrected chi connectivity index (χ0v) is 15.3. The predicted octanol–water partition coefficient (Wildman–Crippen LogP) is 5.45. The minimum atomic E-state index is -0.0468. The zero-order valence-electron chi connectivity index (χ0n) is 13.8. The summed E-state index contributed by atoms with van der Waals surface area (Å²) in [6.07, 6.45) is 5.41. The number of alkyl halides is 1. The summed E-state index contributed by atoms with van der Waals surface area (Å²) < 4.78 is 5.46. The van der Waals surface area contributed by atoms with Crippen LogP contribution in [0.15, 0.2) is 18.2 Å². The molecule has 128 valence electrons. The van der Waals surface area contributed by atoms with Crippen LogP contribution in [0.3, 0.4) is 0 Å². The highest BCUT2D eigenvalue weighted by Crippen LogP contribution is 2.33. The normalized spacial score (nSPS) is 16.2. The van der Waals surface area contributed by atoms with E-state index < -0.39 is 0 Å². The van der Waals surface area contributed by atoms with Crippen molar-refractivity contribution in [1.82, 2.24) is 0 Å². The Morgan fingerprint density at radius 2 is 2.04 bits per heavy atom. The molecule has 1 aliphatic rings. The Hall–Kier alpha value is -0.930.